The Bertz CT molecular complexity index is 390. The van der Waals surface area contributed by atoms with Crippen LogP contribution in [0.3, 0.4) is 0 Å². The third-order valence-electron chi connectivity index (χ3n) is 4.42. The quantitative estimate of drug-likeness (QED) is 0.803. The van der Waals surface area contributed by atoms with Gasteiger partial charge in [0.05, 0.1) is 0 Å². The molecule has 1 aliphatic carbocycles. The molecule has 0 radical (unpaired) electrons. The van der Waals surface area contributed by atoms with Crippen LogP contribution in [-0.4, -0.2) is 5.54 Å². The average Bonchev–Trinajstić information content (AvgIpc) is 2.54. The summed E-state index contributed by atoms with van der Waals surface area (Å²) in [4.78, 5) is 0. The Hall–Kier alpha value is -0.890. The van der Waals surface area contributed by atoms with Gasteiger partial charge in [-0.2, -0.15) is 0 Å². The first-order chi connectivity index (χ1) is 8.63. The second-order valence-electron chi connectivity index (χ2n) is 5.84. The molecular formula is C16H24FN. The molecule has 0 bridgehead atoms. The summed E-state index contributed by atoms with van der Waals surface area (Å²) < 4.78 is 13.7. The Kier molecular flexibility index (Phi) is 4.39. The highest BCUT2D eigenvalue weighted by Crippen LogP contribution is 2.32. The summed E-state index contributed by atoms with van der Waals surface area (Å²) in [6.45, 7) is 2.26. The smallest absolute Gasteiger partial charge is 0.126 e. The van der Waals surface area contributed by atoms with Gasteiger partial charge in [0.25, 0.3) is 0 Å². The summed E-state index contributed by atoms with van der Waals surface area (Å²) >= 11 is 0. The number of nitrogens with two attached hydrogens (primary N) is 1. The molecule has 100 valence electrons. The molecule has 2 heteroatoms. The van der Waals surface area contributed by atoms with E-state index in [1.165, 1.54) is 31.7 Å². The Morgan fingerprint density at radius 2 is 2.06 bits per heavy atom. The van der Waals surface area contributed by atoms with Crippen molar-refractivity contribution in [3.8, 4) is 0 Å². The molecule has 18 heavy (non-hydrogen) atoms. The van der Waals surface area contributed by atoms with Gasteiger partial charge in [0.2, 0.25) is 0 Å². The van der Waals surface area contributed by atoms with Crippen molar-refractivity contribution in [1.82, 2.24) is 0 Å². The minimum atomic E-state index is -0.202. The van der Waals surface area contributed by atoms with Crippen LogP contribution in [0.2, 0.25) is 0 Å². The SMILES string of the molecule is CCC1CCCC(N)(Cc2ccccc2F)CC1. The molecule has 0 aromatic heterocycles. The van der Waals surface area contributed by atoms with Crippen LogP contribution in [-0.2, 0) is 6.42 Å². The maximum Gasteiger partial charge on any atom is 0.126 e. The van der Waals surface area contributed by atoms with Gasteiger partial charge in [-0.15, -0.1) is 0 Å². The van der Waals surface area contributed by atoms with Gasteiger partial charge in [0.1, 0.15) is 5.82 Å². The van der Waals surface area contributed by atoms with E-state index in [0.29, 0.717) is 6.42 Å². The molecule has 2 N–H and O–H groups in total. The maximum atomic E-state index is 13.7. The molecular weight excluding hydrogens is 225 g/mol. The highest BCUT2D eigenvalue weighted by atomic mass is 19.1. The Labute approximate surface area is 110 Å². The molecule has 0 amide bonds. The lowest BCUT2D eigenvalue weighted by atomic mass is 9.84. The van der Waals surface area contributed by atoms with Crippen molar-refractivity contribution in [2.45, 2.75) is 57.4 Å². The predicted octanol–water partition coefficient (Wildman–Crippen LogP) is 4.06. The van der Waals surface area contributed by atoms with Crippen LogP contribution in [0.1, 0.15) is 51.0 Å². The van der Waals surface area contributed by atoms with Crippen LogP contribution in [0.15, 0.2) is 24.3 Å². The van der Waals surface area contributed by atoms with E-state index in [2.05, 4.69) is 6.92 Å². The number of benzene rings is 1. The third kappa shape index (κ3) is 3.32. The van der Waals surface area contributed by atoms with E-state index in [9.17, 15) is 4.39 Å². The lowest BCUT2D eigenvalue weighted by Crippen LogP contribution is -2.41. The fourth-order valence-corrected chi connectivity index (χ4v) is 3.11. The van der Waals surface area contributed by atoms with E-state index in [-0.39, 0.29) is 11.4 Å². The Balaban J connectivity index is 2.05. The molecule has 1 fully saturated rings. The molecule has 2 atom stereocenters. The van der Waals surface area contributed by atoms with Gasteiger partial charge in [-0.3, -0.25) is 0 Å². The summed E-state index contributed by atoms with van der Waals surface area (Å²) in [5.74, 6) is 0.703. The van der Waals surface area contributed by atoms with Crippen molar-refractivity contribution >= 4 is 0 Å². The Morgan fingerprint density at radius 3 is 2.78 bits per heavy atom. The Morgan fingerprint density at radius 1 is 1.28 bits per heavy atom. The molecule has 2 rings (SSSR count). The van der Waals surface area contributed by atoms with Crippen LogP contribution in [0, 0.1) is 11.7 Å². The molecule has 0 heterocycles. The van der Waals surface area contributed by atoms with Gasteiger partial charge >= 0.3 is 0 Å². The van der Waals surface area contributed by atoms with Crippen LogP contribution in [0.5, 0.6) is 0 Å². The van der Waals surface area contributed by atoms with Crippen LogP contribution in [0.4, 0.5) is 4.39 Å². The lowest BCUT2D eigenvalue weighted by molar-refractivity contribution is 0.354. The van der Waals surface area contributed by atoms with E-state index in [1.54, 1.807) is 6.07 Å². The van der Waals surface area contributed by atoms with Gasteiger partial charge in [-0.05, 0) is 43.2 Å². The molecule has 1 aromatic carbocycles. The second kappa shape index (κ2) is 5.83. The molecule has 1 nitrogen and oxygen atoms in total. The zero-order valence-corrected chi connectivity index (χ0v) is 11.3. The van der Waals surface area contributed by atoms with E-state index < -0.39 is 0 Å². The normalized spacial score (nSPS) is 28.9. The van der Waals surface area contributed by atoms with Gasteiger partial charge in [0.15, 0.2) is 0 Å². The molecule has 0 saturated heterocycles. The lowest BCUT2D eigenvalue weighted by Gasteiger charge is -2.28. The maximum absolute atomic E-state index is 13.7. The van der Waals surface area contributed by atoms with E-state index in [4.69, 9.17) is 5.73 Å². The second-order valence-corrected chi connectivity index (χ2v) is 5.84. The molecule has 2 unspecified atom stereocenters. The van der Waals surface area contributed by atoms with Crippen molar-refractivity contribution in [1.29, 1.82) is 0 Å². The summed E-state index contributed by atoms with van der Waals surface area (Å²) in [5, 5.41) is 0. The summed E-state index contributed by atoms with van der Waals surface area (Å²) in [6, 6.07) is 7.03. The van der Waals surface area contributed by atoms with Crippen LogP contribution >= 0.6 is 0 Å². The molecule has 0 spiro atoms. The first kappa shape index (κ1) is 13.5. The van der Waals surface area contributed by atoms with E-state index in [1.807, 2.05) is 12.1 Å². The predicted molar refractivity (Wildman–Crippen MR) is 73.9 cm³/mol. The van der Waals surface area contributed by atoms with Crippen molar-refractivity contribution in [2.24, 2.45) is 11.7 Å². The zero-order valence-electron chi connectivity index (χ0n) is 11.3. The molecule has 0 aliphatic heterocycles. The first-order valence-electron chi connectivity index (χ1n) is 7.15. The number of hydrogen-bond donors (Lipinski definition) is 1. The van der Waals surface area contributed by atoms with Crippen LogP contribution < -0.4 is 5.73 Å². The average molecular weight is 249 g/mol. The summed E-state index contributed by atoms with van der Waals surface area (Å²) in [6.07, 6.45) is 7.64. The van der Waals surface area contributed by atoms with Gasteiger partial charge in [-0.1, -0.05) is 44.4 Å². The highest BCUT2D eigenvalue weighted by molar-refractivity contribution is 5.20. The molecule has 1 aliphatic rings. The standard InChI is InChI=1S/C16H24FN/c1-2-13-6-5-10-16(18,11-9-13)12-14-7-3-4-8-15(14)17/h3-4,7-8,13H,2,5-6,9-12,18H2,1H3. The fourth-order valence-electron chi connectivity index (χ4n) is 3.11. The third-order valence-corrected chi connectivity index (χ3v) is 4.42. The molecule has 1 saturated carbocycles. The minimum absolute atomic E-state index is 0.112. The van der Waals surface area contributed by atoms with E-state index >= 15 is 0 Å². The topological polar surface area (TPSA) is 26.0 Å². The number of rotatable bonds is 3. The van der Waals surface area contributed by atoms with E-state index in [0.717, 1.165) is 24.3 Å². The van der Waals surface area contributed by atoms with Crippen molar-refractivity contribution in [2.75, 3.05) is 0 Å². The van der Waals surface area contributed by atoms with Crippen molar-refractivity contribution < 1.29 is 4.39 Å². The molecule has 1 aromatic rings. The van der Waals surface area contributed by atoms with Crippen molar-refractivity contribution in [3.05, 3.63) is 35.6 Å². The summed E-state index contributed by atoms with van der Waals surface area (Å²) in [7, 11) is 0. The largest absolute Gasteiger partial charge is 0.325 e. The van der Waals surface area contributed by atoms with Gasteiger partial charge in [-0.25, -0.2) is 4.39 Å². The fraction of sp³-hybridized carbons (Fsp3) is 0.625. The number of hydrogen-bond acceptors (Lipinski definition) is 1. The van der Waals surface area contributed by atoms with Crippen molar-refractivity contribution in [3.63, 3.8) is 0 Å². The van der Waals surface area contributed by atoms with Crippen LogP contribution in [0.25, 0.3) is 0 Å². The van der Waals surface area contributed by atoms with Gasteiger partial charge in [0, 0.05) is 5.54 Å². The minimum Gasteiger partial charge on any atom is -0.325 e. The highest BCUT2D eigenvalue weighted by Gasteiger charge is 2.29. The zero-order chi connectivity index (χ0) is 13.0. The first-order valence-corrected chi connectivity index (χ1v) is 7.15. The van der Waals surface area contributed by atoms with Gasteiger partial charge < -0.3 is 5.73 Å². The summed E-state index contributed by atoms with van der Waals surface area (Å²) in [5.41, 5.74) is 7.08. The monoisotopic (exact) mass is 249 g/mol. The number of halogens is 1.